The van der Waals surface area contributed by atoms with Gasteiger partial charge in [-0.25, -0.2) is 0 Å². The lowest BCUT2D eigenvalue weighted by atomic mass is 9.44. The van der Waals surface area contributed by atoms with Crippen molar-refractivity contribution in [3.05, 3.63) is 29.6 Å². The van der Waals surface area contributed by atoms with Crippen LogP contribution in [-0.4, -0.2) is 32.6 Å². The van der Waals surface area contributed by atoms with Crippen LogP contribution in [0, 0.1) is 34.5 Å². The molecule has 0 bridgehead atoms. The molecule has 0 aliphatic heterocycles. The first-order chi connectivity index (χ1) is 11.4. The lowest BCUT2D eigenvalue weighted by molar-refractivity contribution is -0.201. The molecule has 2 fully saturated rings. The van der Waals surface area contributed by atoms with E-state index in [9.17, 15) is 10.2 Å². The molecule has 0 spiro atoms. The molecule has 4 heteroatoms. The maximum Gasteiger partial charge on any atom is 0.0839 e. The van der Waals surface area contributed by atoms with Gasteiger partial charge in [-0.2, -0.15) is 5.10 Å². The number of aromatic nitrogens is 2. The second kappa shape index (κ2) is 4.73. The monoisotopic (exact) mass is 328 g/mol. The molecule has 0 aromatic carbocycles. The average molecular weight is 328 g/mol. The summed E-state index contributed by atoms with van der Waals surface area (Å²) in [6.45, 7) is 4.71. The second-order valence-corrected chi connectivity index (χ2v) is 9.32. The van der Waals surface area contributed by atoms with E-state index in [0.717, 1.165) is 31.4 Å². The van der Waals surface area contributed by atoms with Crippen LogP contribution in [0.3, 0.4) is 0 Å². The number of aromatic amines is 1. The van der Waals surface area contributed by atoms with Crippen molar-refractivity contribution in [2.45, 2.75) is 58.2 Å². The van der Waals surface area contributed by atoms with E-state index >= 15 is 0 Å². The molecule has 3 N–H and O–H groups in total. The normalized spacial score (nSPS) is 52.3. The third kappa shape index (κ3) is 1.74. The number of nitrogens with zero attached hydrogens (tertiary/aromatic N) is 1. The Morgan fingerprint density at radius 2 is 2.00 bits per heavy atom. The smallest absolute Gasteiger partial charge is 0.0839 e. The third-order valence-electron chi connectivity index (χ3n) is 8.31. The van der Waals surface area contributed by atoms with Crippen LogP contribution in [0.4, 0.5) is 0 Å². The highest BCUT2D eigenvalue weighted by molar-refractivity contribution is 5.28. The molecule has 2 saturated carbocycles. The van der Waals surface area contributed by atoms with Crippen LogP contribution in [0.25, 0.3) is 0 Å². The number of rotatable bonds is 0. The number of aliphatic hydroxyl groups excluding tert-OH is 2. The van der Waals surface area contributed by atoms with Gasteiger partial charge < -0.3 is 10.2 Å². The summed E-state index contributed by atoms with van der Waals surface area (Å²) >= 11 is 0. The number of nitrogens with one attached hydrogen (secondary N) is 1. The molecule has 8 atom stereocenters. The van der Waals surface area contributed by atoms with Crippen molar-refractivity contribution in [1.82, 2.24) is 10.2 Å². The van der Waals surface area contributed by atoms with Crippen LogP contribution in [0.1, 0.15) is 44.4 Å². The zero-order valence-electron chi connectivity index (χ0n) is 14.6. The van der Waals surface area contributed by atoms with Gasteiger partial charge in [0.05, 0.1) is 18.4 Å². The van der Waals surface area contributed by atoms with Gasteiger partial charge in [-0.3, -0.25) is 5.10 Å². The van der Waals surface area contributed by atoms with Gasteiger partial charge in [-0.1, -0.05) is 26.0 Å². The Morgan fingerprint density at radius 1 is 1.17 bits per heavy atom. The van der Waals surface area contributed by atoms with Crippen LogP contribution in [0.2, 0.25) is 0 Å². The molecular weight excluding hydrogens is 300 g/mol. The molecule has 1 aromatic heterocycles. The van der Waals surface area contributed by atoms with Gasteiger partial charge in [0.15, 0.2) is 0 Å². The van der Waals surface area contributed by atoms with Crippen molar-refractivity contribution in [2.24, 2.45) is 34.5 Å². The molecule has 5 rings (SSSR count). The third-order valence-corrected chi connectivity index (χ3v) is 8.31. The van der Waals surface area contributed by atoms with Crippen LogP contribution < -0.4 is 0 Å². The molecule has 0 saturated heterocycles. The van der Waals surface area contributed by atoms with Crippen LogP contribution in [0.5, 0.6) is 0 Å². The predicted octanol–water partition coefficient (Wildman–Crippen LogP) is 2.47. The molecule has 1 heterocycles. The minimum absolute atomic E-state index is 0.0596. The SMILES string of the molecule is CC12C=CCC1C1C(O)C(O)C3Cc4[nH]ncc4CC3(C)C1CC2. The fourth-order valence-electron chi connectivity index (χ4n) is 6.97. The van der Waals surface area contributed by atoms with Gasteiger partial charge in [0.2, 0.25) is 0 Å². The van der Waals surface area contributed by atoms with E-state index in [-0.39, 0.29) is 22.7 Å². The van der Waals surface area contributed by atoms with Gasteiger partial charge in [0.25, 0.3) is 0 Å². The van der Waals surface area contributed by atoms with E-state index < -0.39 is 12.2 Å². The number of fused-ring (bicyclic) bond motifs is 6. The quantitative estimate of drug-likeness (QED) is 0.641. The van der Waals surface area contributed by atoms with Gasteiger partial charge in [0.1, 0.15) is 0 Å². The summed E-state index contributed by atoms with van der Waals surface area (Å²) in [7, 11) is 0. The minimum Gasteiger partial charge on any atom is -0.390 e. The first-order valence-electron chi connectivity index (χ1n) is 9.49. The molecular formula is C20H28N2O2. The summed E-state index contributed by atoms with van der Waals surface area (Å²) in [5.41, 5.74) is 2.74. The Labute approximate surface area is 143 Å². The maximum absolute atomic E-state index is 11.1. The van der Waals surface area contributed by atoms with Crippen LogP contribution >= 0.6 is 0 Å². The number of aliphatic hydroxyl groups is 2. The van der Waals surface area contributed by atoms with Crippen LogP contribution in [-0.2, 0) is 12.8 Å². The average Bonchev–Trinajstić information content (AvgIpc) is 3.15. The summed E-state index contributed by atoms with van der Waals surface area (Å²) in [6, 6.07) is 0. The minimum atomic E-state index is -0.629. The Hall–Kier alpha value is -1.13. The van der Waals surface area contributed by atoms with Crippen molar-refractivity contribution in [2.75, 3.05) is 0 Å². The second-order valence-electron chi connectivity index (χ2n) is 9.32. The highest BCUT2D eigenvalue weighted by Crippen LogP contribution is 2.64. The molecule has 24 heavy (non-hydrogen) atoms. The lowest BCUT2D eigenvalue weighted by Crippen LogP contribution is -2.64. The number of allylic oxidation sites excluding steroid dienone is 2. The Kier molecular flexibility index (Phi) is 2.99. The molecule has 8 unspecified atom stereocenters. The summed E-state index contributed by atoms with van der Waals surface area (Å²) in [4.78, 5) is 0. The van der Waals surface area contributed by atoms with Crippen molar-refractivity contribution in [3.63, 3.8) is 0 Å². The van der Waals surface area contributed by atoms with Gasteiger partial charge in [0, 0.05) is 5.69 Å². The molecule has 4 aliphatic rings. The largest absolute Gasteiger partial charge is 0.390 e. The van der Waals surface area contributed by atoms with Gasteiger partial charge in [-0.05, 0) is 72.2 Å². The maximum atomic E-state index is 11.1. The predicted molar refractivity (Wildman–Crippen MR) is 91.2 cm³/mol. The van der Waals surface area contributed by atoms with Crippen molar-refractivity contribution in [3.8, 4) is 0 Å². The Balaban J connectivity index is 1.59. The summed E-state index contributed by atoms with van der Waals surface area (Å²) < 4.78 is 0. The highest BCUT2D eigenvalue weighted by Gasteiger charge is 2.62. The van der Waals surface area contributed by atoms with Crippen molar-refractivity contribution in [1.29, 1.82) is 0 Å². The number of hydrogen-bond acceptors (Lipinski definition) is 3. The molecule has 0 amide bonds. The topological polar surface area (TPSA) is 69.1 Å². The fraction of sp³-hybridized carbons (Fsp3) is 0.750. The zero-order chi connectivity index (χ0) is 16.7. The van der Waals surface area contributed by atoms with Crippen molar-refractivity contribution < 1.29 is 10.2 Å². The highest BCUT2D eigenvalue weighted by atomic mass is 16.3. The first-order valence-corrected chi connectivity index (χ1v) is 9.49. The summed E-state index contributed by atoms with van der Waals surface area (Å²) in [6.07, 6.45) is 10.6. The van der Waals surface area contributed by atoms with E-state index in [0.29, 0.717) is 11.8 Å². The van der Waals surface area contributed by atoms with Crippen LogP contribution in [0.15, 0.2) is 18.3 Å². The van der Waals surface area contributed by atoms with E-state index in [1.54, 1.807) is 0 Å². The van der Waals surface area contributed by atoms with E-state index in [1.807, 2.05) is 6.20 Å². The molecule has 4 aliphatic carbocycles. The molecule has 4 nitrogen and oxygen atoms in total. The first kappa shape index (κ1) is 15.2. The lowest BCUT2D eigenvalue weighted by Gasteiger charge is -2.62. The van der Waals surface area contributed by atoms with E-state index in [1.165, 1.54) is 12.0 Å². The van der Waals surface area contributed by atoms with E-state index in [2.05, 4.69) is 36.2 Å². The standard InChI is InChI=1S/C20H28N2O2/c1-19-6-3-4-12(19)16-13(5-7-19)20(2)9-11-10-21-22-15(11)8-14(20)17(23)18(16)24/h3,6,10,12-14,16-18,23-24H,4-5,7-9H2,1-2H3,(H,21,22). The summed E-state index contributed by atoms with van der Waals surface area (Å²) in [5.74, 6) is 1.30. The number of H-pyrrole nitrogens is 1. The molecule has 0 radical (unpaired) electrons. The fourth-order valence-corrected chi connectivity index (χ4v) is 6.97. The zero-order valence-corrected chi connectivity index (χ0v) is 14.6. The van der Waals surface area contributed by atoms with Gasteiger partial charge in [-0.15, -0.1) is 0 Å². The Morgan fingerprint density at radius 3 is 2.83 bits per heavy atom. The molecule has 130 valence electrons. The van der Waals surface area contributed by atoms with Crippen molar-refractivity contribution >= 4 is 0 Å². The van der Waals surface area contributed by atoms with E-state index in [4.69, 9.17) is 0 Å². The van der Waals surface area contributed by atoms with Gasteiger partial charge >= 0.3 is 0 Å². The molecule has 1 aromatic rings. The number of hydrogen-bond donors (Lipinski definition) is 3. The summed E-state index contributed by atoms with van der Waals surface area (Å²) in [5, 5.41) is 29.5. The Bertz CT molecular complexity index is 698.